The Morgan fingerprint density at radius 1 is 1.43 bits per heavy atom. The zero-order valence-electron chi connectivity index (χ0n) is 12.7. The highest BCUT2D eigenvalue weighted by atomic mass is 79.9. The zero-order chi connectivity index (χ0) is 15.4. The van der Waals surface area contributed by atoms with Crippen molar-refractivity contribution in [3.8, 4) is 0 Å². The lowest BCUT2D eigenvalue weighted by Crippen LogP contribution is -2.25. The molecule has 0 fully saturated rings. The minimum Gasteiger partial charge on any atom is -0.310 e. The molecule has 5 heteroatoms. The summed E-state index contributed by atoms with van der Waals surface area (Å²) in [7, 11) is 1.94. The molecule has 21 heavy (non-hydrogen) atoms. The molecule has 0 bridgehead atoms. The van der Waals surface area contributed by atoms with Crippen LogP contribution in [-0.4, -0.2) is 16.3 Å². The molecule has 1 aromatic carbocycles. The van der Waals surface area contributed by atoms with Gasteiger partial charge in [-0.2, -0.15) is 5.10 Å². The lowest BCUT2D eigenvalue weighted by Gasteiger charge is -2.19. The van der Waals surface area contributed by atoms with Crippen molar-refractivity contribution in [1.29, 1.82) is 0 Å². The molecule has 114 valence electrons. The molecule has 2 rings (SSSR count). The van der Waals surface area contributed by atoms with E-state index in [1.165, 1.54) is 6.07 Å². The quantitative estimate of drug-likeness (QED) is 0.852. The van der Waals surface area contributed by atoms with Crippen LogP contribution in [0.25, 0.3) is 0 Å². The van der Waals surface area contributed by atoms with Crippen LogP contribution < -0.4 is 5.32 Å². The number of halogens is 2. The van der Waals surface area contributed by atoms with Crippen LogP contribution in [0.2, 0.25) is 0 Å². The Morgan fingerprint density at radius 3 is 2.76 bits per heavy atom. The van der Waals surface area contributed by atoms with Gasteiger partial charge >= 0.3 is 0 Å². The third-order valence-corrected chi connectivity index (χ3v) is 4.58. The summed E-state index contributed by atoms with van der Waals surface area (Å²) < 4.78 is 16.4. The number of benzene rings is 1. The number of aryl methyl sites for hydroxylation is 2. The van der Waals surface area contributed by atoms with Gasteiger partial charge in [-0.05, 0) is 53.5 Å². The van der Waals surface area contributed by atoms with Crippen molar-refractivity contribution in [2.75, 3.05) is 6.54 Å². The van der Waals surface area contributed by atoms with Gasteiger partial charge in [0.05, 0.1) is 15.9 Å². The van der Waals surface area contributed by atoms with Gasteiger partial charge in [-0.3, -0.25) is 4.68 Å². The van der Waals surface area contributed by atoms with Gasteiger partial charge in [0.15, 0.2) is 0 Å². The van der Waals surface area contributed by atoms with Crippen LogP contribution in [0.5, 0.6) is 0 Å². The van der Waals surface area contributed by atoms with Gasteiger partial charge in [0.2, 0.25) is 0 Å². The fraction of sp³-hybridized carbons (Fsp3) is 0.438. The highest BCUT2D eigenvalue weighted by molar-refractivity contribution is 9.10. The molecule has 1 atom stereocenters. The van der Waals surface area contributed by atoms with Gasteiger partial charge in [0, 0.05) is 19.5 Å². The summed E-state index contributed by atoms with van der Waals surface area (Å²) in [6.45, 7) is 5.00. The highest BCUT2D eigenvalue weighted by Crippen LogP contribution is 2.26. The Balaban J connectivity index is 2.28. The minimum atomic E-state index is -0.198. The number of aromatic nitrogens is 2. The predicted molar refractivity (Wildman–Crippen MR) is 86.8 cm³/mol. The summed E-state index contributed by atoms with van der Waals surface area (Å²) in [5.41, 5.74) is 3.06. The Kier molecular flexibility index (Phi) is 5.53. The molecule has 0 saturated carbocycles. The summed E-state index contributed by atoms with van der Waals surface area (Å²) >= 11 is 3.60. The second kappa shape index (κ2) is 7.18. The first-order valence-electron chi connectivity index (χ1n) is 7.19. The number of nitrogens with one attached hydrogen (secondary N) is 1. The first-order valence-corrected chi connectivity index (χ1v) is 7.99. The molecule has 0 aliphatic rings. The van der Waals surface area contributed by atoms with Gasteiger partial charge < -0.3 is 5.32 Å². The maximum atomic E-state index is 13.5. The molecule has 0 spiro atoms. The Morgan fingerprint density at radius 2 is 2.19 bits per heavy atom. The van der Waals surface area contributed by atoms with Crippen molar-refractivity contribution in [1.82, 2.24) is 15.1 Å². The van der Waals surface area contributed by atoms with Gasteiger partial charge in [0.25, 0.3) is 0 Å². The van der Waals surface area contributed by atoms with Gasteiger partial charge in [-0.1, -0.05) is 19.1 Å². The van der Waals surface area contributed by atoms with Crippen LogP contribution in [0, 0.1) is 12.7 Å². The summed E-state index contributed by atoms with van der Waals surface area (Å²) in [4.78, 5) is 0. The first kappa shape index (κ1) is 16.2. The molecule has 1 aromatic heterocycles. The molecule has 2 aromatic rings. The van der Waals surface area contributed by atoms with E-state index in [9.17, 15) is 4.39 Å². The Labute approximate surface area is 133 Å². The monoisotopic (exact) mass is 353 g/mol. The van der Waals surface area contributed by atoms with Gasteiger partial charge in [0.1, 0.15) is 5.82 Å². The van der Waals surface area contributed by atoms with Crippen LogP contribution in [0.1, 0.15) is 36.3 Å². The number of hydrogen-bond acceptors (Lipinski definition) is 2. The lowest BCUT2D eigenvalue weighted by atomic mass is 10.0. The molecule has 0 aliphatic carbocycles. The van der Waals surface area contributed by atoms with Crippen molar-refractivity contribution in [3.63, 3.8) is 0 Å². The first-order chi connectivity index (χ1) is 10.0. The average Bonchev–Trinajstić information content (AvgIpc) is 2.69. The van der Waals surface area contributed by atoms with E-state index in [1.807, 2.05) is 24.7 Å². The molecule has 0 aliphatic heterocycles. The second-order valence-electron chi connectivity index (χ2n) is 5.24. The fourth-order valence-corrected chi connectivity index (χ4v) is 2.94. The molecule has 1 heterocycles. The van der Waals surface area contributed by atoms with Crippen LogP contribution in [0.15, 0.2) is 28.7 Å². The molecule has 1 N–H and O–H groups in total. The largest absolute Gasteiger partial charge is 0.310 e. The summed E-state index contributed by atoms with van der Waals surface area (Å²) in [5, 5.41) is 7.92. The summed E-state index contributed by atoms with van der Waals surface area (Å²) in [5.74, 6) is -0.198. The van der Waals surface area contributed by atoms with E-state index in [4.69, 9.17) is 0 Å². The number of nitrogens with zero attached hydrogens (tertiary/aromatic N) is 2. The normalized spacial score (nSPS) is 12.6. The van der Waals surface area contributed by atoms with Gasteiger partial charge in [-0.25, -0.2) is 4.39 Å². The van der Waals surface area contributed by atoms with Crippen LogP contribution in [-0.2, 0) is 13.5 Å². The molecule has 0 amide bonds. The molecule has 3 nitrogen and oxygen atoms in total. The maximum absolute atomic E-state index is 13.5. The van der Waals surface area contributed by atoms with E-state index >= 15 is 0 Å². The second-order valence-corrected chi connectivity index (χ2v) is 6.03. The molecule has 0 saturated heterocycles. The Hall–Kier alpha value is -1.20. The van der Waals surface area contributed by atoms with Crippen molar-refractivity contribution in [3.05, 3.63) is 51.5 Å². The zero-order valence-corrected chi connectivity index (χ0v) is 14.2. The van der Waals surface area contributed by atoms with Gasteiger partial charge in [-0.15, -0.1) is 0 Å². The Bertz CT molecular complexity index is 610. The third-order valence-electron chi connectivity index (χ3n) is 3.55. The smallest absolute Gasteiger partial charge is 0.123 e. The van der Waals surface area contributed by atoms with E-state index in [1.54, 1.807) is 12.1 Å². The van der Waals surface area contributed by atoms with Crippen molar-refractivity contribution in [2.45, 2.75) is 32.7 Å². The van der Waals surface area contributed by atoms with E-state index in [0.29, 0.717) is 0 Å². The number of rotatable bonds is 6. The standard InChI is InChI=1S/C16H21BrFN3/c1-4-8-19-14(12-6-5-7-13(18)9-12)10-15-16(17)11(2)20-21(15)3/h5-7,9,14,19H,4,8,10H2,1-3H3. The minimum absolute atomic E-state index is 0.0757. The van der Waals surface area contributed by atoms with E-state index in [0.717, 1.165) is 40.8 Å². The SMILES string of the molecule is CCCNC(Cc1c(Br)c(C)nn1C)c1cccc(F)c1. The van der Waals surface area contributed by atoms with E-state index < -0.39 is 0 Å². The predicted octanol–water partition coefficient (Wildman–Crippen LogP) is 3.91. The maximum Gasteiger partial charge on any atom is 0.123 e. The molecular formula is C16H21BrFN3. The van der Waals surface area contributed by atoms with Crippen LogP contribution in [0.3, 0.4) is 0 Å². The highest BCUT2D eigenvalue weighted by Gasteiger charge is 2.18. The van der Waals surface area contributed by atoms with Crippen molar-refractivity contribution in [2.24, 2.45) is 7.05 Å². The van der Waals surface area contributed by atoms with Crippen LogP contribution in [0.4, 0.5) is 4.39 Å². The van der Waals surface area contributed by atoms with E-state index in [-0.39, 0.29) is 11.9 Å². The molecular weight excluding hydrogens is 333 g/mol. The summed E-state index contributed by atoms with van der Waals surface area (Å²) in [6.07, 6.45) is 1.80. The average molecular weight is 354 g/mol. The molecule has 0 radical (unpaired) electrons. The van der Waals surface area contributed by atoms with E-state index in [2.05, 4.69) is 33.3 Å². The topological polar surface area (TPSA) is 29.9 Å². The van der Waals surface area contributed by atoms with Crippen molar-refractivity contribution >= 4 is 15.9 Å². The summed E-state index contributed by atoms with van der Waals surface area (Å²) in [6, 6.07) is 6.88. The fourth-order valence-electron chi connectivity index (χ4n) is 2.44. The molecule has 1 unspecified atom stereocenters. The third kappa shape index (κ3) is 3.92. The van der Waals surface area contributed by atoms with Crippen LogP contribution >= 0.6 is 15.9 Å². The number of hydrogen-bond donors (Lipinski definition) is 1. The lowest BCUT2D eigenvalue weighted by molar-refractivity contribution is 0.507. The van der Waals surface area contributed by atoms with Crippen molar-refractivity contribution < 1.29 is 4.39 Å².